The van der Waals surface area contributed by atoms with Gasteiger partial charge in [-0.2, -0.15) is 0 Å². The molecule has 0 aliphatic carbocycles. The van der Waals surface area contributed by atoms with E-state index in [0.29, 0.717) is 75.9 Å². The summed E-state index contributed by atoms with van der Waals surface area (Å²) >= 11 is 0. The topological polar surface area (TPSA) is 75.6 Å². The first-order valence-corrected chi connectivity index (χ1v) is 9.82. The van der Waals surface area contributed by atoms with E-state index >= 15 is 0 Å². The van der Waals surface area contributed by atoms with Crippen molar-refractivity contribution in [3.05, 3.63) is 48.0 Å². The smallest absolute Gasteiger partial charge is 0.161 e. The Morgan fingerprint density at radius 2 is 1.07 bits per heavy atom. The minimum atomic E-state index is -0.587. The molecule has 7 heteroatoms. The zero-order valence-electron chi connectivity index (χ0n) is 16.7. The van der Waals surface area contributed by atoms with E-state index in [1.807, 2.05) is 30.3 Å². The first-order chi connectivity index (χ1) is 14.2. The summed E-state index contributed by atoms with van der Waals surface area (Å²) in [6.07, 6.45) is -0.587. The van der Waals surface area contributed by atoms with Crippen LogP contribution in [0.3, 0.4) is 0 Å². The molecule has 0 saturated heterocycles. The lowest BCUT2D eigenvalue weighted by Crippen LogP contribution is -2.15. The zero-order valence-corrected chi connectivity index (χ0v) is 16.7. The SMILES string of the molecule is C[C@H](O)c1ccc2c(c1)OCCOCCOc1ccccc1OCCOCCO2. The summed E-state index contributed by atoms with van der Waals surface area (Å²) in [5.41, 5.74) is 0.760. The number of rotatable bonds is 1. The summed E-state index contributed by atoms with van der Waals surface area (Å²) in [4.78, 5) is 0. The summed E-state index contributed by atoms with van der Waals surface area (Å²) in [6, 6.07) is 12.9. The molecule has 0 amide bonds. The van der Waals surface area contributed by atoms with Gasteiger partial charge in [0.25, 0.3) is 0 Å². The van der Waals surface area contributed by atoms with Gasteiger partial charge in [-0.25, -0.2) is 0 Å². The summed E-state index contributed by atoms with van der Waals surface area (Å²) < 4.78 is 34.3. The van der Waals surface area contributed by atoms with Crippen LogP contribution in [0.15, 0.2) is 42.5 Å². The van der Waals surface area contributed by atoms with Crippen LogP contribution in [0.1, 0.15) is 18.6 Å². The average molecular weight is 404 g/mol. The molecule has 1 N–H and O–H groups in total. The Labute approximate surface area is 171 Å². The van der Waals surface area contributed by atoms with Crippen LogP contribution in [0.4, 0.5) is 0 Å². The van der Waals surface area contributed by atoms with Crippen LogP contribution in [0.5, 0.6) is 23.0 Å². The molecule has 158 valence electrons. The van der Waals surface area contributed by atoms with Crippen LogP contribution in [-0.4, -0.2) is 58.0 Å². The van der Waals surface area contributed by atoms with Gasteiger partial charge in [0.15, 0.2) is 23.0 Å². The highest BCUT2D eigenvalue weighted by atomic mass is 16.6. The van der Waals surface area contributed by atoms with E-state index in [9.17, 15) is 5.11 Å². The van der Waals surface area contributed by atoms with Crippen molar-refractivity contribution in [1.29, 1.82) is 0 Å². The van der Waals surface area contributed by atoms with Gasteiger partial charge in [-0.1, -0.05) is 18.2 Å². The Hall–Kier alpha value is -2.48. The second kappa shape index (κ2) is 11.5. The summed E-state index contributed by atoms with van der Waals surface area (Å²) in [6.45, 7) is 4.95. The first-order valence-electron chi connectivity index (χ1n) is 9.82. The first kappa shape index (κ1) is 21.2. The molecule has 0 bridgehead atoms. The number of fused-ring (bicyclic) bond motifs is 2. The average Bonchev–Trinajstić information content (AvgIpc) is 2.73. The van der Waals surface area contributed by atoms with E-state index in [4.69, 9.17) is 28.4 Å². The third kappa shape index (κ3) is 6.81. The highest BCUT2D eigenvalue weighted by Crippen LogP contribution is 2.31. The number of hydrogen-bond acceptors (Lipinski definition) is 7. The van der Waals surface area contributed by atoms with Crippen LogP contribution in [0.25, 0.3) is 0 Å². The van der Waals surface area contributed by atoms with Crippen molar-refractivity contribution in [2.45, 2.75) is 13.0 Å². The van der Waals surface area contributed by atoms with Crippen LogP contribution in [-0.2, 0) is 9.47 Å². The molecular weight excluding hydrogens is 376 g/mol. The lowest BCUT2D eigenvalue weighted by molar-refractivity contribution is 0.0639. The van der Waals surface area contributed by atoms with E-state index in [2.05, 4.69) is 0 Å². The molecule has 0 radical (unpaired) electrons. The molecule has 1 heterocycles. The van der Waals surface area contributed by atoms with Crippen LogP contribution in [0.2, 0.25) is 0 Å². The molecule has 2 aromatic carbocycles. The fraction of sp³-hybridized carbons (Fsp3) is 0.455. The van der Waals surface area contributed by atoms with Gasteiger partial charge in [0.1, 0.15) is 26.4 Å². The van der Waals surface area contributed by atoms with Crippen molar-refractivity contribution >= 4 is 0 Å². The maximum atomic E-state index is 9.81. The zero-order chi connectivity index (χ0) is 20.3. The summed E-state index contributed by atoms with van der Waals surface area (Å²) in [7, 11) is 0. The summed E-state index contributed by atoms with van der Waals surface area (Å²) in [5.74, 6) is 2.53. The quantitative estimate of drug-likeness (QED) is 0.783. The van der Waals surface area contributed by atoms with Crippen LogP contribution in [0, 0.1) is 0 Å². The standard InChI is InChI=1S/C22H28O7/c1-17(23)18-6-7-21-22(16-18)29-15-11-25-9-13-27-20-5-3-2-4-19(20)26-12-8-24-10-14-28-21/h2-7,16-17,23H,8-15H2,1H3/t17-/m0/s1. The second-order valence-corrected chi connectivity index (χ2v) is 6.45. The maximum absolute atomic E-state index is 9.81. The molecule has 1 aliphatic rings. The van der Waals surface area contributed by atoms with Crippen molar-refractivity contribution < 1.29 is 33.5 Å². The van der Waals surface area contributed by atoms with Gasteiger partial charge < -0.3 is 33.5 Å². The Morgan fingerprint density at radius 1 is 0.621 bits per heavy atom. The molecule has 0 unspecified atom stereocenters. The lowest BCUT2D eigenvalue weighted by atomic mass is 10.1. The number of benzene rings is 2. The maximum Gasteiger partial charge on any atom is 0.161 e. The molecule has 0 saturated carbocycles. The highest BCUT2D eigenvalue weighted by molar-refractivity contribution is 5.43. The number of aliphatic hydroxyl groups excluding tert-OH is 1. The monoisotopic (exact) mass is 404 g/mol. The fourth-order valence-electron chi connectivity index (χ4n) is 2.75. The molecular formula is C22H28O7. The lowest BCUT2D eigenvalue weighted by Gasteiger charge is -2.16. The predicted molar refractivity (Wildman–Crippen MR) is 107 cm³/mol. The van der Waals surface area contributed by atoms with Gasteiger partial charge in [0.2, 0.25) is 0 Å². The number of hydrogen-bond donors (Lipinski definition) is 1. The van der Waals surface area contributed by atoms with Gasteiger partial charge in [-0.15, -0.1) is 0 Å². The Morgan fingerprint density at radius 3 is 1.55 bits per heavy atom. The minimum absolute atomic E-state index is 0.357. The van der Waals surface area contributed by atoms with Gasteiger partial charge in [-0.3, -0.25) is 0 Å². The van der Waals surface area contributed by atoms with Crippen LogP contribution < -0.4 is 18.9 Å². The number of ether oxygens (including phenoxy) is 6. The van der Waals surface area contributed by atoms with Gasteiger partial charge >= 0.3 is 0 Å². The third-order valence-electron chi connectivity index (χ3n) is 4.24. The fourth-order valence-corrected chi connectivity index (χ4v) is 2.75. The molecule has 1 aliphatic heterocycles. The van der Waals surface area contributed by atoms with Gasteiger partial charge in [0, 0.05) is 0 Å². The predicted octanol–water partition coefficient (Wildman–Crippen LogP) is 3.00. The van der Waals surface area contributed by atoms with E-state index < -0.39 is 6.10 Å². The Bertz CT molecular complexity index is 748. The van der Waals surface area contributed by atoms with Gasteiger partial charge in [-0.05, 0) is 36.8 Å². The van der Waals surface area contributed by atoms with Gasteiger partial charge in [0.05, 0.1) is 32.5 Å². The van der Waals surface area contributed by atoms with Crippen molar-refractivity contribution in [3.63, 3.8) is 0 Å². The molecule has 1 atom stereocenters. The second-order valence-electron chi connectivity index (χ2n) is 6.45. The molecule has 0 aromatic heterocycles. The van der Waals surface area contributed by atoms with E-state index in [0.717, 1.165) is 5.56 Å². The molecule has 0 spiro atoms. The summed E-state index contributed by atoms with van der Waals surface area (Å²) in [5, 5.41) is 9.81. The molecule has 0 fully saturated rings. The number of aliphatic hydroxyl groups is 1. The normalized spacial score (nSPS) is 17.6. The highest BCUT2D eigenvalue weighted by Gasteiger charge is 2.10. The molecule has 2 aromatic rings. The van der Waals surface area contributed by atoms with Crippen LogP contribution >= 0.6 is 0 Å². The van der Waals surface area contributed by atoms with E-state index in [1.54, 1.807) is 19.1 Å². The Kier molecular flexibility index (Phi) is 8.42. The van der Waals surface area contributed by atoms with E-state index in [1.165, 1.54) is 0 Å². The van der Waals surface area contributed by atoms with E-state index in [-0.39, 0.29) is 0 Å². The van der Waals surface area contributed by atoms with Crippen molar-refractivity contribution in [2.24, 2.45) is 0 Å². The largest absolute Gasteiger partial charge is 0.487 e. The van der Waals surface area contributed by atoms with Crippen molar-refractivity contribution in [3.8, 4) is 23.0 Å². The minimum Gasteiger partial charge on any atom is -0.487 e. The molecule has 7 nitrogen and oxygen atoms in total. The molecule has 29 heavy (non-hydrogen) atoms. The Balaban J connectivity index is 1.60. The third-order valence-corrected chi connectivity index (χ3v) is 4.24. The van der Waals surface area contributed by atoms with Crippen molar-refractivity contribution in [2.75, 3.05) is 52.9 Å². The van der Waals surface area contributed by atoms with Crippen molar-refractivity contribution in [1.82, 2.24) is 0 Å². The number of para-hydroxylation sites is 2. The molecule has 3 rings (SSSR count).